The molecule has 0 aliphatic heterocycles. The molecule has 1 aromatic rings. The molecule has 0 spiro atoms. The Morgan fingerprint density at radius 1 is 1.30 bits per heavy atom. The Labute approximate surface area is 157 Å². The van der Waals surface area contributed by atoms with E-state index in [1.165, 1.54) is 29.0 Å². The molecule has 2 aliphatic rings. The molecule has 0 bridgehead atoms. The lowest BCUT2D eigenvalue weighted by Gasteiger charge is -2.17. The molecule has 2 amide bonds. The van der Waals surface area contributed by atoms with Gasteiger partial charge in [-0.25, -0.2) is 9.78 Å². The zero-order valence-corrected chi connectivity index (χ0v) is 15.3. The summed E-state index contributed by atoms with van der Waals surface area (Å²) in [7, 11) is 0. The quantitative estimate of drug-likeness (QED) is 0.612. The first kappa shape index (κ1) is 19.3. The van der Waals surface area contributed by atoms with Crippen LogP contribution >= 0.6 is 0 Å². The fraction of sp³-hybridized carbons (Fsp3) is 0.579. The number of nitrogens with zero attached hydrogens (tertiary/aromatic N) is 2. The maximum atomic E-state index is 12.4. The van der Waals surface area contributed by atoms with E-state index in [9.17, 15) is 19.5 Å². The molecule has 1 aromatic heterocycles. The van der Waals surface area contributed by atoms with E-state index in [0.717, 1.165) is 19.3 Å². The van der Waals surface area contributed by atoms with Gasteiger partial charge in [-0.1, -0.05) is 11.6 Å². The Balaban J connectivity index is 1.47. The number of hydrogen-bond donors (Lipinski definition) is 3. The van der Waals surface area contributed by atoms with Gasteiger partial charge < -0.3 is 15.7 Å². The highest BCUT2D eigenvalue weighted by Gasteiger charge is 2.37. The topological polar surface area (TPSA) is 113 Å². The van der Waals surface area contributed by atoms with Crippen molar-refractivity contribution in [2.24, 2.45) is 5.92 Å². The number of amides is 2. The lowest BCUT2D eigenvalue weighted by Crippen LogP contribution is -2.43. The Morgan fingerprint density at radius 2 is 2.15 bits per heavy atom. The molecule has 27 heavy (non-hydrogen) atoms. The summed E-state index contributed by atoms with van der Waals surface area (Å²) in [5.74, 6) is -0.793. The Kier molecular flexibility index (Phi) is 6.39. The van der Waals surface area contributed by atoms with Crippen molar-refractivity contribution in [1.29, 1.82) is 0 Å². The van der Waals surface area contributed by atoms with Crippen LogP contribution in [-0.2, 0) is 16.1 Å². The summed E-state index contributed by atoms with van der Waals surface area (Å²) in [5, 5.41) is 15.9. The van der Waals surface area contributed by atoms with Gasteiger partial charge in [0.2, 0.25) is 11.8 Å². The van der Waals surface area contributed by atoms with Crippen molar-refractivity contribution in [2.45, 2.75) is 57.2 Å². The molecule has 2 aliphatic carbocycles. The summed E-state index contributed by atoms with van der Waals surface area (Å²) in [6.07, 6.45) is 9.45. The molecule has 3 atom stereocenters. The molecule has 1 fully saturated rings. The number of rotatable bonds is 6. The second-order valence-electron chi connectivity index (χ2n) is 7.27. The predicted octanol–water partition coefficient (Wildman–Crippen LogP) is 0.116. The summed E-state index contributed by atoms with van der Waals surface area (Å²) < 4.78 is 1.19. The van der Waals surface area contributed by atoms with E-state index in [1.807, 2.05) is 0 Å². The van der Waals surface area contributed by atoms with Gasteiger partial charge in [-0.3, -0.25) is 14.2 Å². The Bertz CT molecular complexity index is 773. The fourth-order valence-electron chi connectivity index (χ4n) is 3.71. The normalized spacial score (nSPS) is 24.9. The summed E-state index contributed by atoms with van der Waals surface area (Å²) in [5.41, 5.74) is 0.758. The highest BCUT2D eigenvalue weighted by atomic mass is 16.3. The predicted molar refractivity (Wildman–Crippen MR) is 98.7 cm³/mol. The molecule has 0 unspecified atom stereocenters. The number of carbonyl (C=O) groups is 2. The van der Waals surface area contributed by atoms with Gasteiger partial charge in [0, 0.05) is 24.9 Å². The van der Waals surface area contributed by atoms with Crippen LogP contribution in [0.2, 0.25) is 0 Å². The minimum Gasteiger partial charge on any atom is -0.391 e. The first-order chi connectivity index (χ1) is 13.0. The van der Waals surface area contributed by atoms with Crippen molar-refractivity contribution in [1.82, 2.24) is 20.2 Å². The molecule has 3 N–H and O–H groups in total. The number of allylic oxidation sites excluding steroid dienone is 1. The SMILES string of the molecule is O=C(Cn1cccnc1=O)N[C@@H]1C[C@H](C(=O)NCC2=CCCCC2)C[C@H]1O. The third-order valence-electron chi connectivity index (χ3n) is 5.22. The monoisotopic (exact) mass is 374 g/mol. The Hall–Kier alpha value is -2.48. The molecule has 8 heteroatoms. The highest BCUT2D eigenvalue weighted by molar-refractivity contribution is 5.80. The Morgan fingerprint density at radius 3 is 2.89 bits per heavy atom. The lowest BCUT2D eigenvalue weighted by molar-refractivity contribution is -0.125. The van der Waals surface area contributed by atoms with E-state index >= 15 is 0 Å². The van der Waals surface area contributed by atoms with E-state index < -0.39 is 17.8 Å². The first-order valence-corrected chi connectivity index (χ1v) is 9.47. The van der Waals surface area contributed by atoms with Crippen molar-refractivity contribution in [3.63, 3.8) is 0 Å². The van der Waals surface area contributed by atoms with E-state index in [2.05, 4.69) is 21.7 Å². The van der Waals surface area contributed by atoms with Crippen molar-refractivity contribution in [3.05, 3.63) is 40.6 Å². The molecular weight excluding hydrogens is 348 g/mol. The minimum atomic E-state index is -0.774. The number of aromatic nitrogens is 2. The molecule has 146 valence electrons. The van der Waals surface area contributed by atoms with Gasteiger partial charge in [0.15, 0.2) is 0 Å². The third-order valence-corrected chi connectivity index (χ3v) is 5.22. The molecule has 1 heterocycles. The molecule has 1 saturated carbocycles. The van der Waals surface area contributed by atoms with E-state index in [1.54, 1.807) is 6.07 Å². The summed E-state index contributed by atoms with van der Waals surface area (Å²) in [4.78, 5) is 39.7. The van der Waals surface area contributed by atoms with Crippen molar-refractivity contribution < 1.29 is 14.7 Å². The van der Waals surface area contributed by atoms with Gasteiger partial charge in [0.25, 0.3) is 0 Å². The standard InChI is InChI=1S/C19H26N4O4/c24-16-10-14(18(26)21-11-13-5-2-1-3-6-13)9-15(16)22-17(25)12-23-8-4-7-20-19(23)27/h4-5,7-8,14-16,24H,1-3,6,9-12H2,(H,21,26)(H,22,25)/t14-,15+,16+/m0/s1. The van der Waals surface area contributed by atoms with Crippen LogP contribution < -0.4 is 16.3 Å². The maximum Gasteiger partial charge on any atom is 0.347 e. The van der Waals surface area contributed by atoms with Gasteiger partial charge in [-0.05, 0) is 44.6 Å². The number of aliphatic hydroxyl groups is 1. The van der Waals surface area contributed by atoms with Crippen LogP contribution in [0.5, 0.6) is 0 Å². The minimum absolute atomic E-state index is 0.0826. The molecular formula is C19H26N4O4. The molecule has 8 nitrogen and oxygen atoms in total. The van der Waals surface area contributed by atoms with Crippen LogP contribution in [0.3, 0.4) is 0 Å². The summed E-state index contributed by atoms with van der Waals surface area (Å²) in [6.45, 7) is 0.396. The molecule has 0 saturated heterocycles. The van der Waals surface area contributed by atoms with Gasteiger partial charge in [-0.15, -0.1) is 0 Å². The van der Waals surface area contributed by atoms with E-state index in [-0.39, 0.29) is 24.3 Å². The van der Waals surface area contributed by atoms with Gasteiger partial charge in [-0.2, -0.15) is 0 Å². The number of aliphatic hydroxyl groups excluding tert-OH is 1. The zero-order chi connectivity index (χ0) is 19.2. The van der Waals surface area contributed by atoms with Crippen LogP contribution in [0.4, 0.5) is 0 Å². The van der Waals surface area contributed by atoms with Crippen LogP contribution in [-0.4, -0.2) is 45.2 Å². The molecule has 3 rings (SSSR count). The average Bonchev–Trinajstić information content (AvgIpc) is 3.03. The maximum absolute atomic E-state index is 12.4. The van der Waals surface area contributed by atoms with Crippen molar-refractivity contribution in [2.75, 3.05) is 6.54 Å². The van der Waals surface area contributed by atoms with E-state index in [4.69, 9.17) is 0 Å². The number of hydrogen-bond acceptors (Lipinski definition) is 5. The second-order valence-corrected chi connectivity index (χ2v) is 7.27. The zero-order valence-electron chi connectivity index (χ0n) is 15.3. The van der Waals surface area contributed by atoms with Gasteiger partial charge >= 0.3 is 5.69 Å². The highest BCUT2D eigenvalue weighted by Crippen LogP contribution is 2.26. The van der Waals surface area contributed by atoms with Gasteiger partial charge in [0.05, 0.1) is 12.1 Å². The smallest absolute Gasteiger partial charge is 0.347 e. The van der Waals surface area contributed by atoms with Gasteiger partial charge in [0.1, 0.15) is 6.54 Å². The van der Waals surface area contributed by atoms with Crippen LogP contribution in [0, 0.1) is 5.92 Å². The van der Waals surface area contributed by atoms with Crippen LogP contribution in [0.25, 0.3) is 0 Å². The largest absolute Gasteiger partial charge is 0.391 e. The number of nitrogens with one attached hydrogen (secondary N) is 2. The van der Waals surface area contributed by atoms with Crippen LogP contribution in [0.15, 0.2) is 34.9 Å². The third kappa shape index (κ3) is 5.26. The number of carbonyl (C=O) groups excluding carboxylic acids is 2. The summed E-state index contributed by atoms with van der Waals surface area (Å²) >= 11 is 0. The van der Waals surface area contributed by atoms with Crippen LogP contribution in [0.1, 0.15) is 38.5 Å². The molecule has 0 radical (unpaired) electrons. The van der Waals surface area contributed by atoms with Crippen molar-refractivity contribution in [3.8, 4) is 0 Å². The second kappa shape index (κ2) is 8.94. The molecule has 0 aromatic carbocycles. The lowest BCUT2D eigenvalue weighted by atomic mass is 9.99. The van der Waals surface area contributed by atoms with E-state index in [0.29, 0.717) is 19.4 Å². The summed E-state index contributed by atoms with van der Waals surface area (Å²) in [6, 6.07) is 1.08. The first-order valence-electron chi connectivity index (χ1n) is 9.47. The van der Waals surface area contributed by atoms with Crippen molar-refractivity contribution >= 4 is 11.8 Å². The fourth-order valence-corrected chi connectivity index (χ4v) is 3.71. The average molecular weight is 374 g/mol.